The van der Waals surface area contributed by atoms with Crippen LogP contribution in [0.2, 0.25) is 0 Å². The zero-order chi connectivity index (χ0) is 15.1. The highest BCUT2D eigenvalue weighted by atomic mass is 16.3. The first kappa shape index (κ1) is 16.0. The van der Waals surface area contributed by atoms with Gasteiger partial charge >= 0.3 is 0 Å². The lowest BCUT2D eigenvalue weighted by atomic mass is 9.91. The van der Waals surface area contributed by atoms with Crippen LogP contribution in [0.5, 0.6) is 0 Å². The van der Waals surface area contributed by atoms with E-state index in [4.69, 9.17) is 5.11 Å². The van der Waals surface area contributed by atoms with E-state index in [9.17, 15) is 0 Å². The lowest BCUT2D eigenvalue weighted by molar-refractivity contribution is 0.282. The highest BCUT2D eigenvalue weighted by Crippen LogP contribution is 2.32. The zero-order valence-electron chi connectivity index (χ0n) is 13.3. The fraction of sp³-hybridized carbons (Fsp3) is 0.750. The number of aliphatic hydroxyl groups is 1. The molecule has 0 unspecified atom stereocenters. The van der Waals surface area contributed by atoms with Gasteiger partial charge in [0.05, 0.1) is 0 Å². The van der Waals surface area contributed by atoms with E-state index in [2.05, 4.69) is 34.0 Å². The second-order valence-electron chi connectivity index (χ2n) is 5.66. The van der Waals surface area contributed by atoms with Gasteiger partial charge in [-0.1, -0.05) is 13.8 Å². The molecule has 5 heteroatoms. The van der Waals surface area contributed by atoms with Gasteiger partial charge in [-0.15, -0.1) is 0 Å². The van der Waals surface area contributed by atoms with Crippen molar-refractivity contribution in [2.45, 2.75) is 58.4 Å². The minimum atomic E-state index is 0.233. The molecule has 0 bridgehead atoms. The van der Waals surface area contributed by atoms with E-state index in [-0.39, 0.29) is 6.61 Å². The van der Waals surface area contributed by atoms with Crippen molar-refractivity contribution in [2.24, 2.45) is 0 Å². The number of nitrogens with one attached hydrogen (secondary N) is 1. The van der Waals surface area contributed by atoms with Gasteiger partial charge in [-0.05, 0) is 38.5 Å². The van der Waals surface area contributed by atoms with Crippen LogP contribution in [0.25, 0.3) is 0 Å². The van der Waals surface area contributed by atoms with Gasteiger partial charge in [0.25, 0.3) is 0 Å². The largest absolute Gasteiger partial charge is 0.396 e. The third-order valence-electron chi connectivity index (χ3n) is 4.16. The van der Waals surface area contributed by atoms with Crippen molar-refractivity contribution in [2.75, 3.05) is 29.9 Å². The Balaban J connectivity index is 2.25. The van der Waals surface area contributed by atoms with Crippen LogP contribution < -0.4 is 10.2 Å². The van der Waals surface area contributed by atoms with Crippen LogP contribution in [0, 0.1) is 0 Å². The van der Waals surface area contributed by atoms with E-state index in [0.717, 1.165) is 44.0 Å². The molecular formula is C16H28N4O. The zero-order valence-corrected chi connectivity index (χ0v) is 13.3. The molecule has 0 atom stereocenters. The minimum Gasteiger partial charge on any atom is -0.396 e. The predicted octanol–water partition coefficient (Wildman–Crippen LogP) is 2.60. The molecule has 0 spiro atoms. The second kappa shape index (κ2) is 8.17. The summed E-state index contributed by atoms with van der Waals surface area (Å²) in [4.78, 5) is 11.4. The fourth-order valence-corrected chi connectivity index (χ4v) is 2.77. The molecule has 1 aliphatic rings. The number of nitrogens with zero attached hydrogens (tertiary/aromatic N) is 3. The number of hydrogen-bond donors (Lipinski definition) is 2. The van der Waals surface area contributed by atoms with E-state index in [0.29, 0.717) is 6.04 Å². The average molecular weight is 292 g/mol. The molecule has 1 heterocycles. The van der Waals surface area contributed by atoms with Crippen molar-refractivity contribution in [3.63, 3.8) is 0 Å². The lowest BCUT2D eigenvalue weighted by Crippen LogP contribution is -2.42. The van der Waals surface area contributed by atoms with Gasteiger partial charge in [-0.3, -0.25) is 0 Å². The van der Waals surface area contributed by atoms with Crippen LogP contribution >= 0.6 is 0 Å². The van der Waals surface area contributed by atoms with Gasteiger partial charge in [0.2, 0.25) is 0 Å². The Morgan fingerprint density at radius 2 is 2.14 bits per heavy atom. The summed E-state index contributed by atoms with van der Waals surface area (Å²) in [7, 11) is 0. The molecule has 21 heavy (non-hydrogen) atoms. The van der Waals surface area contributed by atoms with E-state index >= 15 is 0 Å². The van der Waals surface area contributed by atoms with E-state index < -0.39 is 0 Å². The Kier molecular flexibility index (Phi) is 6.23. The molecule has 2 N–H and O–H groups in total. The Labute approximate surface area is 127 Å². The second-order valence-corrected chi connectivity index (χ2v) is 5.66. The molecule has 1 saturated carbocycles. The van der Waals surface area contributed by atoms with Crippen LogP contribution in [0.3, 0.4) is 0 Å². The van der Waals surface area contributed by atoms with Crippen LogP contribution in [0.1, 0.15) is 51.5 Å². The summed E-state index contributed by atoms with van der Waals surface area (Å²) in [6, 6.07) is 0.579. The Morgan fingerprint density at radius 3 is 2.71 bits per heavy atom. The topological polar surface area (TPSA) is 61.3 Å². The van der Waals surface area contributed by atoms with Gasteiger partial charge in [-0.2, -0.15) is 0 Å². The smallest absolute Gasteiger partial charge is 0.137 e. The molecule has 0 radical (unpaired) electrons. The van der Waals surface area contributed by atoms with Gasteiger partial charge in [0.1, 0.15) is 18.0 Å². The number of aliphatic hydroxyl groups excluding tert-OH is 1. The van der Waals surface area contributed by atoms with Gasteiger partial charge in [-0.25, -0.2) is 9.97 Å². The van der Waals surface area contributed by atoms with E-state index in [1.54, 1.807) is 6.33 Å². The van der Waals surface area contributed by atoms with Crippen molar-refractivity contribution in [1.82, 2.24) is 9.97 Å². The van der Waals surface area contributed by atoms with Crippen molar-refractivity contribution in [1.29, 1.82) is 0 Å². The third-order valence-corrected chi connectivity index (χ3v) is 4.16. The molecule has 1 aromatic heterocycles. The van der Waals surface area contributed by atoms with Crippen LogP contribution in [0.15, 0.2) is 6.33 Å². The average Bonchev–Trinajstić information content (AvgIpc) is 2.46. The molecule has 118 valence electrons. The summed E-state index contributed by atoms with van der Waals surface area (Å²) in [5.41, 5.74) is 1.20. The monoisotopic (exact) mass is 292 g/mol. The van der Waals surface area contributed by atoms with E-state index in [1.165, 1.54) is 24.8 Å². The van der Waals surface area contributed by atoms with Crippen LogP contribution in [0.4, 0.5) is 11.6 Å². The van der Waals surface area contributed by atoms with Crippen LogP contribution in [-0.4, -0.2) is 40.8 Å². The summed E-state index contributed by atoms with van der Waals surface area (Å²) in [6.45, 7) is 6.35. The van der Waals surface area contributed by atoms with Gasteiger partial charge in [0.15, 0.2) is 0 Å². The molecule has 5 nitrogen and oxygen atoms in total. The summed E-state index contributed by atoms with van der Waals surface area (Å²) in [5, 5.41) is 12.6. The molecule has 2 rings (SSSR count). The summed E-state index contributed by atoms with van der Waals surface area (Å²) >= 11 is 0. The normalized spacial score (nSPS) is 14.8. The molecular weight excluding hydrogens is 264 g/mol. The first-order valence-electron chi connectivity index (χ1n) is 8.27. The molecule has 0 amide bonds. The number of rotatable bonds is 9. The number of hydrogen-bond acceptors (Lipinski definition) is 5. The van der Waals surface area contributed by atoms with Crippen molar-refractivity contribution in [3.8, 4) is 0 Å². The molecule has 0 aromatic carbocycles. The first-order chi connectivity index (χ1) is 10.3. The predicted molar refractivity (Wildman–Crippen MR) is 86.9 cm³/mol. The molecule has 1 aliphatic carbocycles. The maximum Gasteiger partial charge on any atom is 0.137 e. The minimum absolute atomic E-state index is 0.233. The standard InChI is InChI=1S/C16H28N4O/c1-3-9-17-15-14(4-2)16(19-12-18-15)20(10-6-11-21)13-7-5-8-13/h12-13,21H,3-11H2,1-2H3,(H,17,18,19). The van der Waals surface area contributed by atoms with Gasteiger partial charge < -0.3 is 15.3 Å². The summed E-state index contributed by atoms with van der Waals surface area (Å²) in [6.07, 6.45) is 8.22. The number of aromatic nitrogens is 2. The molecule has 0 saturated heterocycles. The Hall–Kier alpha value is -1.36. The van der Waals surface area contributed by atoms with Crippen molar-refractivity contribution in [3.05, 3.63) is 11.9 Å². The lowest BCUT2D eigenvalue weighted by Gasteiger charge is -2.39. The third kappa shape index (κ3) is 3.84. The van der Waals surface area contributed by atoms with Crippen molar-refractivity contribution >= 4 is 11.6 Å². The van der Waals surface area contributed by atoms with Crippen molar-refractivity contribution < 1.29 is 5.11 Å². The summed E-state index contributed by atoms with van der Waals surface area (Å²) in [5.74, 6) is 2.03. The Bertz CT molecular complexity index is 434. The van der Waals surface area contributed by atoms with E-state index in [1.807, 2.05) is 0 Å². The van der Waals surface area contributed by atoms with Crippen LogP contribution in [-0.2, 0) is 6.42 Å². The van der Waals surface area contributed by atoms with Gasteiger partial charge in [0, 0.05) is 31.3 Å². The SMILES string of the molecule is CCCNc1ncnc(N(CCCO)C2CCC2)c1CC. The summed E-state index contributed by atoms with van der Waals surface area (Å²) < 4.78 is 0. The number of anilines is 2. The molecule has 1 aromatic rings. The highest BCUT2D eigenvalue weighted by molar-refractivity contribution is 5.59. The fourth-order valence-electron chi connectivity index (χ4n) is 2.77. The first-order valence-corrected chi connectivity index (χ1v) is 8.27. The quantitative estimate of drug-likeness (QED) is 0.732. The maximum atomic E-state index is 9.16. The molecule has 1 fully saturated rings. The highest BCUT2D eigenvalue weighted by Gasteiger charge is 2.27. The molecule has 0 aliphatic heterocycles. The Morgan fingerprint density at radius 1 is 1.33 bits per heavy atom. The maximum absolute atomic E-state index is 9.16.